The first-order chi connectivity index (χ1) is 10.2. The van der Waals surface area contributed by atoms with Crippen LogP contribution in [-0.4, -0.2) is 28.6 Å². The Bertz CT molecular complexity index is 642. The molecule has 0 N–H and O–H groups in total. The summed E-state index contributed by atoms with van der Waals surface area (Å²) in [6, 6.07) is 3.23. The van der Waals surface area contributed by atoms with Crippen molar-refractivity contribution in [1.82, 2.24) is 9.55 Å². The van der Waals surface area contributed by atoms with Gasteiger partial charge in [-0.2, -0.15) is 0 Å². The Morgan fingerprint density at radius 3 is 2.95 bits per heavy atom. The molecule has 0 saturated heterocycles. The van der Waals surface area contributed by atoms with Crippen LogP contribution in [0.25, 0.3) is 11.0 Å². The fourth-order valence-electron chi connectivity index (χ4n) is 2.39. The van der Waals surface area contributed by atoms with Crippen LogP contribution in [0.1, 0.15) is 18.7 Å². The van der Waals surface area contributed by atoms with Crippen molar-refractivity contribution in [2.24, 2.45) is 5.92 Å². The number of alkyl halides is 1. The molecule has 1 saturated carbocycles. The third kappa shape index (κ3) is 3.58. The smallest absolute Gasteiger partial charge is 0.139 e. The topological polar surface area (TPSA) is 27.1 Å². The zero-order chi connectivity index (χ0) is 14.8. The molecule has 0 unspecified atom stereocenters. The summed E-state index contributed by atoms with van der Waals surface area (Å²) in [4.78, 5) is 4.49. The van der Waals surface area contributed by atoms with Crippen molar-refractivity contribution in [1.29, 1.82) is 0 Å². The lowest BCUT2D eigenvalue weighted by molar-refractivity contribution is 0.117. The van der Waals surface area contributed by atoms with E-state index in [0.717, 1.165) is 23.9 Å². The van der Waals surface area contributed by atoms with Crippen molar-refractivity contribution in [2.45, 2.75) is 25.8 Å². The molecule has 1 aromatic carbocycles. The minimum absolute atomic E-state index is 0.297. The van der Waals surface area contributed by atoms with Gasteiger partial charge in [0.15, 0.2) is 0 Å². The van der Waals surface area contributed by atoms with Crippen LogP contribution in [0.3, 0.4) is 0 Å². The van der Waals surface area contributed by atoms with Gasteiger partial charge in [0.25, 0.3) is 0 Å². The van der Waals surface area contributed by atoms with E-state index in [4.69, 9.17) is 16.3 Å². The van der Waals surface area contributed by atoms with Gasteiger partial charge in [-0.1, -0.05) is 0 Å². The van der Waals surface area contributed by atoms with Gasteiger partial charge < -0.3 is 9.30 Å². The van der Waals surface area contributed by atoms with E-state index in [2.05, 4.69) is 25.5 Å². The second kappa shape index (κ2) is 6.63. The summed E-state index contributed by atoms with van der Waals surface area (Å²) in [6.45, 7) is 2.20. The summed E-state index contributed by atoms with van der Waals surface area (Å²) in [6.07, 6.45) is 3.24. The lowest BCUT2D eigenvalue weighted by Crippen LogP contribution is -2.11. The molecule has 1 heterocycles. The number of fused-ring (bicyclic) bond motifs is 1. The second-order valence-electron chi connectivity index (χ2n) is 5.39. The van der Waals surface area contributed by atoms with Gasteiger partial charge in [-0.3, -0.25) is 0 Å². The molecule has 1 fully saturated rings. The number of aryl methyl sites for hydroxylation is 1. The van der Waals surface area contributed by atoms with E-state index < -0.39 is 0 Å². The van der Waals surface area contributed by atoms with E-state index in [1.54, 1.807) is 6.07 Å². The number of rotatable bonds is 7. The number of hydrogen-bond donors (Lipinski definition) is 0. The molecule has 3 nitrogen and oxygen atoms in total. The summed E-state index contributed by atoms with van der Waals surface area (Å²) >= 11 is 9.08. The Labute approximate surface area is 136 Å². The van der Waals surface area contributed by atoms with Gasteiger partial charge in [0, 0.05) is 31.5 Å². The van der Waals surface area contributed by atoms with Crippen LogP contribution in [0.4, 0.5) is 4.39 Å². The summed E-state index contributed by atoms with van der Waals surface area (Å²) in [5, 5.41) is 0. The SMILES string of the molecule is Fc1cc2nc(CCCl)n(CCOCC3CC3)c2cc1Br. The summed E-state index contributed by atoms with van der Waals surface area (Å²) in [5.74, 6) is 1.84. The van der Waals surface area contributed by atoms with Crippen LogP contribution in [-0.2, 0) is 17.7 Å². The molecule has 0 radical (unpaired) electrons. The van der Waals surface area contributed by atoms with Crippen LogP contribution in [0.15, 0.2) is 16.6 Å². The average molecular weight is 376 g/mol. The Kier molecular flexibility index (Phi) is 4.82. The number of halogens is 3. The molecule has 2 aromatic rings. The number of nitrogens with zero attached hydrogens (tertiary/aromatic N) is 2. The monoisotopic (exact) mass is 374 g/mol. The van der Waals surface area contributed by atoms with Crippen LogP contribution < -0.4 is 0 Å². The summed E-state index contributed by atoms with van der Waals surface area (Å²) in [7, 11) is 0. The number of benzene rings is 1. The van der Waals surface area contributed by atoms with Gasteiger partial charge in [-0.15, -0.1) is 11.6 Å². The fraction of sp³-hybridized carbons (Fsp3) is 0.533. The van der Waals surface area contributed by atoms with Gasteiger partial charge in [0.2, 0.25) is 0 Å². The zero-order valence-corrected chi connectivity index (χ0v) is 14.0. The number of ether oxygens (including phenoxy) is 1. The lowest BCUT2D eigenvalue weighted by atomic mass is 10.3. The van der Waals surface area contributed by atoms with E-state index in [1.165, 1.54) is 18.9 Å². The molecule has 21 heavy (non-hydrogen) atoms. The average Bonchev–Trinajstić information content (AvgIpc) is 3.22. The molecule has 0 amide bonds. The molecule has 3 rings (SSSR count). The van der Waals surface area contributed by atoms with Crippen molar-refractivity contribution in [2.75, 3.05) is 19.1 Å². The van der Waals surface area contributed by atoms with Gasteiger partial charge in [-0.05, 0) is 40.8 Å². The largest absolute Gasteiger partial charge is 0.379 e. The third-order valence-corrected chi connectivity index (χ3v) is 4.49. The Morgan fingerprint density at radius 1 is 1.43 bits per heavy atom. The van der Waals surface area contributed by atoms with E-state index in [-0.39, 0.29) is 5.82 Å². The molecule has 6 heteroatoms. The molecule has 0 aliphatic heterocycles. The first kappa shape index (κ1) is 15.3. The molecule has 0 spiro atoms. The molecule has 1 aliphatic carbocycles. The van der Waals surface area contributed by atoms with E-state index in [1.807, 2.05) is 0 Å². The second-order valence-corrected chi connectivity index (χ2v) is 6.62. The van der Waals surface area contributed by atoms with Crippen LogP contribution in [0.2, 0.25) is 0 Å². The van der Waals surface area contributed by atoms with E-state index in [0.29, 0.717) is 35.4 Å². The summed E-state index contributed by atoms with van der Waals surface area (Å²) in [5.41, 5.74) is 1.58. The first-order valence-corrected chi connectivity index (χ1v) is 8.49. The van der Waals surface area contributed by atoms with Gasteiger partial charge in [0.05, 0.1) is 22.1 Å². The van der Waals surface area contributed by atoms with Crippen LogP contribution >= 0.6 is 27.5 Å². The fourth-order valence-corrected chi connectivity index (χ4v) is 2.89. The maximum Gasteiger partial charge on any atom is 0.139 e. The molecular weight excluding hydrogens is 359 g/mol. The Balaban J connectivity index is 1.81. The maximum absolute atomic E-state index is 13.6. The quantitative estimate of drug-likeness (QED) is 0.537. The van der Waals surface area contributed by atoms with Crippen molar-refractivity contribution in [3.8, 4) is 0 Å². The van der Waals surface area contributed by atoms with Gasteiger partial charge >= 0.3 is 0 Å². The minimum Gasteiger partial charge on any atom is -0.379 e. The Hall–Kier alpha value is -0.650. The van der Waals surface area contributed by atoms with Crippen LogP contribution in [0.5, 0.6) is 0 Å². The highest BCUT2D eigenvalue weighted by atomic mass is 79.9. The van der Waals surface area contributed by atoms with Crippen molar-refractivity contribution < 1.29 is 9.13 Å². The molecular formula is C15H17BrClFN2O. The lowest BCUT2D eigenvalue weighted by Gasteiger charge is -2.09. The highest BCUT2D eigenvalue weighted by Gasteiger charge is 2.21. The van der Waals surface area contributed by atoms with Crippen LogP contribution in [0, 0.1) is 11.7 Å². The summed E-state index contributed by atoms with van der Waals surface area (Å²) < 4.78 is 21.9. The van der Waals surface area contributed by atoms with Crippen molar-refractivity contribution in [3.05, 3.63) is 28.2 Å². The van der Waals surface area contributed by atoms with E-state index in [9.17, 15) is 4.39 Å². The molecule has 0 atom stereocenters. The molecule has 1 aliphatic rings. The predicted octanol–water partition coefficient (Wildman–Crippen LogP) is 4.15. The predicted molar refractivity (Wildman–Crippen MR) is 85.4 cm³/mol. The highest BCUT2D eigenvalue weighted by Crippen LogP contribution is 2.29. The standard InChI is InChI=1S/C15H17BrClFN2O/c16-11-7-14-13(8-12(11)18)19-15(3-4-17)20(14)5-6-21-9-10-1-2-10/h7-8,10H,1-6,9H2. The number of hydrogen-bond acceptors (Lipinski definition) is 2. The zero-order valence-electron chi connectivity index (χ0n) is 11.6. The maximum atomic E-state index is 13.6. The molecule has 0 bridgehead atoms. The van der Waals surface area contributed by atoms with E-state index >= 15 is 0 Å². The van der Waals surface area contributed by atoms with Crippen molar-refractivity contribution in [3.63, 3.8) is 0 Å². The van der Waals surface area contributed by atoms with Gasteiger partial charge in [0.1, 0.15) is 11.6 Å². The normalized spacial score (nSPS) is 15.0. The first-order valence-electron chi connectivity index (χ1n) is 7.17. The highest BCUT2D eigenvalue weighted by molar-refractivity contribution is 9.10. The third-order valence-electron chi connectivity index (χ3n) is 3.70. The number of imidazole rings is 1. The minimum atomic E-state index is -0.297. The van der Waals surface area contributed by atoms with Crippen molar-refractivity contribution >= 4 is 38.6 Å². The molecule has 1 aromatic heterocycles. The number of aromatic nitrogens is 2. The van der Waals surface area contributed by atoms with Gasteiger partial charge in [-0.25, -0.2) is 9.37 Å². The Morgan fingerprint density at radius 2 is 2.24 bits per heavy atom. The molecule has 114 valence electrons.